The van der Waals surface area contributed by atoms with Crippen LogP contribution in [-0.2, 0) is 6.54 Å². The Kier molecular flexibility index (Phi) is 5.04. The second-order valence-electron chi connectivity index (χ2n) is 7.07. The van der Waals surface area contributed by atoms with Gasteiger partial charge in [0.15, 0.2) is 0 Å². The third-order valence-corrected chi connectivity index (χ3v) is 5.09. The van der Waals surface area contributed by atoms with Crippen LogP contribution in [0.4, 0.5) is 4.39 Å². The number of benzene rings is 1. The molecule has 0 saturated carbocycles. The molecular formula is C21H20FN5O. The Bertz CT molecular complexity index is 1050. The van der Waals surface area contributed by atoms with E-state index in [1.54, 1.807) is 24.5 Å². The number of likely N-dealkylation sites (tertiary alicyclic amines) is 1. The number of rotatable bonds is 4. The molecule has 3 aromatic rings. The molecule has 1 amide bonds. The predicted octanol–water partition coefficient (Wildman–Crippen LogP) is 2.97. The fourth-order valence-corrected chi connectivity index (χ4v) is 3.75. The van der Waals surface area contributed by atoms with Crippen LogP contribution in [0.1, 0.15) is 34.5 Å². The van der Waals surface area contributed by atoms with E-state index in [0.717, 1.165) is 35.9 Å². The molecular weight excluding hydrogens is 357 g/mol. The molecule has 1 saturated heterocycles. The highest BCUT2D eigenvalue weighted by atomic mass is 19.1. The van der Waals surface area contributed by atoms with Gasteiger partial charge in [-0.05, 0) is 49.2 Å². The Morgan fingerprint density at radius 3 is 3.14 bits per heavy atom. The maximum absolute atomic E-state index is 13.5. The van der Waals surface area contributed by atoms with E-state index >= 15 is 0 Å². The lowest BCUT2D eigenvalue weighted by Crippen LogP contribution is -2.47. The molecule has 2 N–H and O–H groups in total. The van der Waals surface area contributed by atoms with Crippen LogP contribution in [0.5, 0.6) is 0 Å². The van der Waals surface area contributed by atoms with Crippen LogP contribution in [0, 0.1) is 17.1 Å². The third kappa shape index (κ3) is 3.73. The first-order valence-corrected chi connectivity index (χ1v) is 9.28. The average Bonchev–Trinajstić information content (AvgIpc) is 3.18. The van der Waals surface area contributed by atoms with E-state index in [-0.39, 0.29) is 17.5 Å². The molecule has 6 nitrogen and oxygen atoms in total. The normalized spacial score (nSPS) is 17.4. The summed E-state index contributed by atoms with van der Waals surface area (Å²) in [6.07, 6.45) is 5.28. The molecule has 142 valence electrons. The summed E-state index contributed by atoms with van der Waals surface area (Å²) in [7, 11) is 0. The van der Waals surface area contributed by atoms with Crippen molar-refractivity contribution in [3.05, 3.63) is 65.4 Å². The van der Waals surface area contributed by atoms with Crippen molar-refractivity contribution in [1.82, 2.24) is 20.2 Å². The average molecular weight is 377 g/mol. The molecule has 4 rings (SSSR count). The van der Waals surface area contributed by atoms with Crippen molar-refractivity contribution >= 4 is 16.8 Å². The number of carbonyl (C=O) groups excluding carboxylic acids is 1. The number of aromatic amines is 1. The molecule has 1 unspecified atom stereocenters. The van der Waals surface area contributed by atoms with E-state index in [9.17, 15) is 9.18 Å². The van der Waals surface area contributed by atoms with Gasteiger partial charge in [0.1, 0.15) is 17.6 Å². The lowest BCUT2D eigenvalue weighted by molar-refractivity contribution is 0.0897. The number of nitriles is 1. The number of fused-ring (bicyclic) bond motifs is 1. The summed E-state index contributed by atoms with van der Waals surface area (Å²) in [4.78, 5) is 22.3. The number of hydrogen-bond donors (Lipinski definition) is 2. The first-order chi connectivity index (χ1) is 13.6. The largest absolute Gasteiger partial charge is 0.361 e. The molecule has 0 aliphatic carbocycles. The van der Waals surface area contributed by atoms with Crippen molar-refractivity contribution in [2.24, 2.45) is 0 Å². The molecule has 1 atom stereocenters. The minimum Gasteiger partial charge on any atom is -0.361 e. The summed E-state index contributed by atoms with van der Waals surface area (Å²) < 4.78 is 13.5. The number of nitrogens with one attached hydrogen (secondary N) is 2. The van der Waals surface area contributed by atoms with Crippen molar-refractivity contribution in [3.8, 4) is 6.07 Å². The van der Waals surface area contributed by atoms with Crippen LogP contribution in [-0.4, -0.2) is 39.9 Å². The van der Waals surface area contributed by atoms with Crippen LogP contribution in [0.3, 0.4) is 0 Å². The number of carbonyl (C=O) groups is 1. The summed E-state index contributed by atoms with van der Waals surface area (Å²) >= 11 is 0. The standard InChI is InChI=1S/C21H20FN5O/c22-18-4-3-14(10-15(18)11-23)12-27-9-1-2-16(13-27)26-21(28)20-17-5-7-24-19(17)6-8-25-20/h3-8,10,16,24H,1-2,9,12-13H2,(H,26,28). The number of halogens is 1. The summed E-state index contributed by atoms with van der Waals surface area (Å²) in [5.74, 6) is -0.674. The van der Waals surface area contributed by atoms with E-state index in [1.165, 1.54) is 6.07 Å². The smallest absolute Gasteiger partial charge is 0.270 e. The molecule has 2 aromatic heterocycles. The summed E-state index contributed by atoms with van der Waals surface area (Å²) in [5.41, 5.74) is 2.26. The topological polar surface area (TPSA) is 84.8 Å². The summed E-state index contributed by atoms with van der Waals surface area (Å²) in [6.45, 7) is 2.22. The Morgan fingerprint density at radius 1 is 1.39 bits per heavy atom. The molecule has 1 aliphatic heterocycles. The van der Waals surface area contributed by atoms with Gasteiger partial charge in [-0.1, -0.05) is 6.07 Å². The van der Waals surface area contributed by atoms with E-state index in [2.05, 4.69) is 20.2 Å². The van der Waals surface area contributed by atoms with Gasteiger partial charge in [-0.25, -0.2) is 4.39 Å². The zero-order valence-electron chi connectivity index (χ0n) is 15.3. The van der Waals surface area contributed by atoms with Gasteiger partial charge in [-0.2, -0.15) is 5.26 Å². The highest BCUT2D eigenvalue weighted by molar-refractivity contribution is 6.04. The molecule has 28 heavy (non-hydrogen) atoms. The lowest BCUT2D eigenvalue weighted by atomic mass is 10.0. The van der Waals surface area contributed by atoms with Gasteiger partial charge in [-0.15, -0.1) is 0 Å². The number of nitrogens with zero attached hydrogens (tertiary/aromatic N) is 3. The maximum atomic E-state index is 13.5. The lowest BCUT2D eigenvalue weighted by Gasteiger charge is -2.33. The monoisotopic (exact) mass is 377 g/mol. The molecule has 3 heterocycles. The molecule has 0 spiro atoms. The van der Waals surface area contributed by atoms with Gasteiger partial charge < -0.3 is 10.3 Å². The van der Waals surface area contributed by atoms with Crippen molar-refractivity contribution in [2.75, 3.05) is 13.1 Å². The minimum atomic E-state index is -0.499. The first kappa shape index (κ1) is 18.1. The maximum Gasteiger partial charge on any atom is 0.270 e. The quantitative estimate of drug-likeness (QED) is 0.732. The van der Waals surface area contributed by atoms with Gasteiger partial charge >= 0.3 is 0 Å². The number of aromatic nitrogens is 2. The van der Waals surface area contributed by atoms with Crippen molar-refractivity contribution < 1.29 is 9.18 Å². The van der Waals surface area contributed by atoms with Crippen LogP contribution in [0.15, 0.2) is 42.7 Å². The fraction of sp³-hybridized carbons (Fsp3) is 0.286. The molecule has 1 aromatic carbocycles. The number of H-pyrrole nitrogens is 1. The molecule has 1 fully saturated rings. The third-order valence-electron chi connectivity index (χ3n) is 5.09. The van der Waals surface area contributed by atoms with Gasteiger partial charge in [0.05, 0.1) is 5.56 Å². The Labute approximate surface area is 162 Å². The van der Waals surface area contributed by atoms with Crippen LogP contribution in [0.25, 0.3) is 10.9 Å². The Balaban J connectivity index is 1.42. The SMILES string of the molecule is N#Cc1cc(CN2CCCC(NC(=O)c3nccc4[nH]ccc34)C2)ccc1F. The molecule has 0 bridgehead atoms. The van der Waals surface area contributed by atoms with Gasteiger partial charge in [0, 0.05) is 42.4 Å². The molecule has 0 radical (unpaired) electrons. The van der Waals surface area contributed by atoms with Crippen molar-refractivity contribution in [3.63, 3.8) is 0 Å². The number of piperidine rings is 1. The van der Waals surface area contributed by atoms with E-state index < -0.39 is 5.82 Å². The zero-order valence-corrected chi connectivity index (χ0v) is 15.3. The number of hydrogen-bond acceptors (Lipinski definition) is 4. The van der Waals surface area contributed by atoms with Gasteiger partial charge in [0.25, 0.3) is 5.91 Å². The predicted molar refractivity (Wildman–Crippen MR) is 103 cm³/mol. The van der Waals surface area contributed by atoms with Gasteiger partial charge in [-0.3, -0.25) is 14.7 Å². The minimum absolute atomic E-state index is 0.0214. The van der Waals surface area contributed by atoms with E-state index in [0.29, 0.717) is 18.8 Å². The van der Waals surface area contributed by atoms with Crippen molar-refractivity contribution in [1.29, 1.82) is 5.26 Å². The fourth-order valence-electron chi connectivity index (χ4n) is 3.75. The summed E-state index contributed by atoms with van der Waals surface area (Å²) in [5, 5.41) is 12.9. The van der Waals surface area contributed by atoms with Crippen LogP contribution < -0.4 is 5.32 Å². The highest BCUT2D eigenvalue weighted by Gasteiger charge is 2.23. The highest BCUT2D eigenvalue weighted by Crippen LogP contribution is 2.18. The number of amides is 1. The van der Waals surface area contributed by atoms with Crippen LogP contribution >= 0.6 is 0 Å². The van der Waals surface area contributed by atoms with Crippen molar-refractivity contribution in [2.45, 2.75) is 25.4 Å². The summed E-state index contributed by atoms with van der Waals surface area (Å²) in [6, 6.07) is 10.2. The number of pyridine rings is 1. The second kappa shape index (κ2) is 7.79. The van der Waals surface area contributed by atoms with E-state index in [1.807, 2.05) is 18.2 Å². The second-order valence-corrected chi connectivity index (χ2v) is 7.07. The van der Waals surface area contributed by atoms with Gasteiger partial charge in [0.2, 0.25) is 0 Å². The molecule has 1 aliphatic rings. The zero-order chi connectivity index (χ0) is 19.5. The Hall–Kier alpha value is -3.24. The van der Waals surface area contributed by atoms with Crippen LogP contribution in [0.2, 0.25) is 0 Å². The van der Waals surface area contributed by atoms with E-state index in [4.69, 9.17) is 5.26 Å². The Morgan fingerprint density at radius 2 is 2.29 bits per heavy atom. The molecule has 7 heteroatoms. The first-order valence-electron chi connectivity index (χ1n) is 9.28.